The molecule has 2 aromatic rings. The van der Waals surface area contributed by atoms with E-state index in [-0.39, 0.29) is 37.9 Å². The number of hydrogen-bond donors (Lipinski definition) is 3. The number of amides is 1. The van der Waals surface area contributed by atoms with Crippen LogP contribution in [0.3, 0.4) is 0 Å². The average Bonchev–Trinajstić information content (AvgIpc) is 2.56. The normalized spacial score (nSPS) is 10.1. The summed E-state index contributed by atoms with van der Waals surface area (Å²) in [7, 11) is 2.88. The maximum Gasteiger partial charge on any atom is 0.261 e. The second kappa shape index (κ2) is 8.24. The van der Waals surface area contributed by atoms with Gasteiger partial charge in [-0.25, -0.2) is 0 Å². The van der Waals surface area contributed by atoms with Gasteiger partial charge in [0.25, 0.3) is 5.91 Å². The summed E-state index contributed by atoms with van der Waals surface area (Å²) >= 11 is 17.0. The van der Waals surface area contributed by atoms with Crippen molar-refractivity contribution in [1.82, 2.24) is 5.32 Å². The number of aromatic hydroxyl groups is 1. The van der Waals surface area contributed by atoms with Gasteiger partial charge < -0.3 is 19.9 Å². The number of ether oxygens (including phenoxy) is 2. The Labute approximate surface area is 159 Å². The lowest BCUT2D eigenvalue weighted by Gasteiger charge is -2.14. The number of hydrogen-bond acceptors (Lipinski definition) is 5. The van der Waals surface area contributed by atoms with Crippen LogP contribution in [0.2, 0.25) is 10.0 Å². The van der Waals surface area contributed by atoms with Crippen LogP contribution in [0, 0.1) is 0 Å². The van der Waals surface area contributed by atoms with E-state index in [1.54, 1.807) is 6.07 Å². The van der Waals surface area contributed by atoms with Gasteiger partial charge in [0.15, 0.2) is 5.11 Å². The van der Waals surface area contributed by atoms with E-state index in [1.807, 2.05) is 0 Å². The van der Waals surface area contributed by atoms with Gasteiger partial charge in [-0.15, -0.1) is 0 Å². The van der Waals surface area contributed by atoms with Gasteiger partial charge in [0.05, 0.1) is 30.5 Å². The van der Waals surface area contributed by atoms with E-state index in [2.05, 4.69) is 10.6 Å². The predicted molar refractivity (Wildman–Crippen MR) is 101 cm³/mol. The van der Waals surface area contributed by atoms with Crippen LogP contribution in [0.5, 0.6) is 17.2 Å². The van der Waals surface area contributed by atoms with Crippen LogP contribution in [-0.4, -0.2) is 30.3 Å². The van der Waals surface area contributed by atoms with Gasteiger partial charge in [0, 0.05) is 11.1 Å². The first-order chi connectivity index (χ1) is 11.8. The lowest BCUT2D eigenvalue weighted by atomic mass is 10.2. The maximum atomic E-state index is 12.4. The van der Waals surface area contributed by atoms with Gasteiger partial charge in [-0.2, -0.15) is 0 Å². The van der Waals surface area contributed by atoms with Crippen LogP contribution in [-0.2, 0) is 0 Å². The molecule has 0 aliphatic heterocycles. The molecule has 0 fully saturated rings. The smallest absolute Gasteiger partial charge is 0.261 e. The molecule has 0 heterocycles. The predicted octanol–water partition coefficient (Wildman–Crippen LogP) is 3.84. The molecule has 0 aromatic heterocycles. The molecule has 0 saturated carbocycles. The molecule has 2 rings (SSSR count). The summed E-state index contributed by atoms with van der Waals surface area (Å²) in [4.78, 5) is 12.4. The molecular formula is C16H14Cl2N2O4S. The highest BCUT2D eigenvalue weighted by Crippen LogP contribution is 2.32. The zero-order valence-electron chi connectivity index (χ0n) is 13.2. The zero-order chi connectivity index (χ0) is 18.6. The third-order valence-corrected chi connectivity index (χ3v) is 3.84. The largest absolute Gasteiger partial charge is 0.506 e. The van der Waals surface area contributed by atoms with Crippen molar-refractivity contribution in [3.8, 4) is 17.2 Å². The molecule has 0 spiro atoms. The molecule has 25 heavy (non-hydrogen) atoms. The summed E-state index contributed by atoms with van der Waals surface area (Å²) in [6.07, 6.45) is 0. The first-order valence-electron chi connectivity index (χ1n) is 6.88. The molecule has 0 radical (unpaired) electrons. The Hall–Kier alpha value is -2.22. The van der Waals surface area contributed by atoms with Crippen LogP contribution >= 0.6 is 35.4 Å². The Morgan fingerprint density at radius 1 is 1.16 bits per heavy atom. The molecule has 0 aliphatic carbocycles. The van der Waals surface area contributed by atoms with Crippen molar-refractivity contribution < 1.29 is 19.4 Å². The third kappa shape index (κ3) is 4.66. The minimum atomic E-state index is -0.568. The minimum absolute atomic E-state index is 0.0355. The van der Waals surface area contributed by atoms with Crippen molar-refractivity contribution in [3.05, 3.63) is 45.9 Å². The number of thiocarbonyl (C=S) groups is 1. The van der Waals surface area contributed by atoms with Crippen molar-refractivity contribution >= 4 is 52.1 Å². The zero-order valence-corrected chi connectivity index (χ0v) is 15.6. The van der Waals surface area contributed by atoms with E-state index in [9.17, 15) is 9.90 Å². The van der Waals surface area contributed by atoms with Gasteiger partial charge in [-0.1, -0.05) is 23.2 Å². The molecule has 2 aromatic carbocycles. The Morgan fingerprint density at radius 3 is 2.52 bits per heavy atom. The quantitative estimate of drug-likeness (QED) is 0.534. The molecular weight excluding hydrogens is 387 g/mol. The van der Waals surface area contributed by atoms with Crippen LogP contribution < -0.4 is 20.1 Å². The fourth-order valence-electron chi connectivity index (χ4n) is 2.00. The average molecular weight is 401 g/mol. The summed E-state index contributed by atoms with van der Waals surface area (Å²) < 4.78 is 10.2. The Bertz CT molecular complexity index is 830. The number of carbonyl (C=O) groups is 1. The standard InChI is InChI=1S/C16H14Cl2N2O4S/c1-23-9-3-4-13(21)12(7-9)19-16(25)20-15(22)10-5-8(17)6-11(18)14(10)24-2/h3-7,21H,1-2H3,(H2,19,20,22,25). The minimum Gasteiger partial charge on any atom is -0.506 e. The Kier molecular flexibility index (Phi) is 6.30. The highest BCUT2D eigenvalue weighted by Gasteiger charge is 2.18. The lowest BCUT2D eigenvalue weighted by molar-refractivity contribution is 0.0974. The fraction of sp³-hybridized carbons (Fsp3) is 0.125. The van der Waals surface area contributed by atoms with E-state index in [0.717, 1.165) is 0 Å². The van der Waals surface area contributed by atoms with Crippen molar-refractivity contribution in [1.29, 1.82) is 0 Å². The first-order valence-corrected chi connectivity index (χ1v) is 8.04. The highest BCUT2D eigenvalue weighted by atomic mass is 35.5. The summed E-state index contributed by atoms with van der Waals surface area (Å²) in [5.41, 5.74) is 0.403. The van der Waals surface area contributed by atoms with Gasteiger partial charge in [-0.05, 0) is 36.5 Å². The van der Waals surface area contributed by atoms with Crippen LogP contribution in [0.15, 0.2) is 30.3 Å². The Balaban J connectivity index is 2.17. The van der Waals surface area contributed by atoms with Crippen molar-refractivity contribution in [2.24, 2.45) is 0 Å². The number of carbonyl (C=O) groups excluding carboxylic acids is 1. The lowest BCUT2D eigenvalue weighted by Crippen LogP contribution is -2.34. The van der Waals surface area contributed by atoms with E-state index in [4.69, 9.17) is 44.9 Å². The Morgan fingerprint density at radius 2 is 1.88 bits per heavy atom. The van der Waals surface area contributed by atoms with Gasteiger partial charge in [0.1, 0.15) is 17.2 Å². The summed E-state index contributed by atoms with van der Waals surface area (Å²) in [6.45, 7) is 0. The molecule has 9 heteroatoms. The van der Waals surface area contributed by atoms with Crippen LogP contribution in [0.1, 0.15) is 10.4 Å². The summed E-state index contributed by atoms with van der Waals surface area (Å²) in [6, 6.07) is 7.42. The third-order valence-electron chi connectivity index (χ3n) is 3.14. The monoisotopic (exact) mass is 400 g/mol. The number of rotatable bonds is 4. The summed E-state index contributed by atoms with van der Waals surface area (Å²) in [5.74, 6) is 0.0650. The number of halogens is 2. The molecule has 0 aliphatic rings. The van der Waals surface area contributed by atoms with Gasteiger partial charge >= 0.3 is 0 Å². The molecule has 132 valence electrons. The number of methoxy groups -OCH3 is 2. The van der Waals surface area contributed by atoms with Crippen LogP contribution in [0.4, 0.5) is 5.69 Å². The number of phenolic OH excluding ortho intramolecular Hbond substituents is 1. The highest BCUT2D eigenvalue weighted by molar-refractivity contribution is 7.80. The van der Waals surface area contributed by atoms with Gasteiger partial charge in [-0.3, -0.25) is 10.1 Å². The topological polar surface area (TPSA) is 79.8 Å². The van der Waals surface area contributed by atoms with E-state index in [0.29, 0.717) is 5.75 Å². The van der Waals surface area contributed by atoms with Crippen molar-refractivity contribution in [2.75, 3.05) is 19.5 Å². The maximum absolute atomic E-state index is 12.4. The number of phenols is 1. The van der Waals surface area contributed by atoms with Crippen molar-refractivity contribution in [3.63, 3.8) is 0 Å². The number of nitrogens with one attached hydrogen (secondary N) is 2. The van der Waals surface area contributed by atoms with E-state index >= 15 is 0 Å². The number of benzene rings is 2. The summed E-state index contributed by atoms with van der Waals surface area (Å²) in [5, 5.41) is 15.5. The van der Waals surface area contributed by atoms with Gasteiger partial charge in [0.2, 0.25) is 0 Å². The fourth-order valence-corrected chi connectivity index (χ4v) is 2.78. The van der Waals surface area contributed by atoms with Crippen LogP contribution in [0.25, 0.3) is 0 Å². The molecule has 3 N–H and O–H groups in total. The van der Waals surface area contributed by atoms with E-state index < -0.39 is 5.91 Å². The molecule has 0 unspecified atom stereocenters. The molecule has 0 atom stereocenters. The SMILES string of the molecule is COc1ccc(O)c(NC(=S)NC(=O)c2cc(Cl)cc(Cl)c2OC)c1. The second-order valence-electron chi connectivity index (χ2n) is 4.76. The van der Waals surface area contributed by atoms with Crippen molar-refractivity contribution in [2.45, 2.75) is 0 Å². The van der Waals surface area contributed by atoms with E-state index in [1.165, 1.54) is 38.5 Å². The molecule has 6 nitrogen and oxygen atoms in total. The molecule has 1 amide bonds. The molecule has 0 saturated heterocycles. The second-order valence-corrected chi connectivity index (χ2v) is 6.01. The molecule has 0 bridgehead atoms. The number of anilines is 1. The first kappa shape index (κ1) is 19.1.